The number of hydrogen-bond acceptors (Lipinski definition) is 2. The summed E-state index contributed by atoms with van der Waals surface area (Å²) in [5.74, 6) is -0.561. The van der Waals surface area contributed by atoms with Crippen molar-refractivity contribution in [3.63, 3.8) is 0 Å². The monoisotopic (exact) mass is 310 g/mol. The van der Waals surface area contributed by atoms with Crippen LogP contribution in [0.2, 0.25) is 0 Å². The fraction of sp³-hybridized carbons (Fsp3) is 0.333. The lowest BCUT2D eigenvalue weighted by Crippen LogP contribution is -2.09. The molecule has 0 bridgehead atoms. The topological polar surface area (TPSA) is 34.1 Å². The molecule has 1 aliphatic carbocycles. The normalized spacial score (nSPS) is 12.7. The second-order valence-electron chi connectivity index (χ2n) is 5.79. The van der Waals surface area contributed by atoms with Gasteiger partial charge in [-0.25, -0.2) is 0 Å². The van der Waals surface area contributed by atoms with Gasteiger partial charge in [-0.1, -0.05) is 68.8 Å². The molecular weight excluding hydrogens is 284 g/mol. The third-order valence-electron chi connectivity index (χ3n) is 3.67. The summed E-state index contributed by atoms with van der Waals surface area (Å²) in [4.78, 5) is 22.8. The van der Waals surface area contributed by atoms with Gasteiger partial charge in [0.05, 0.1) is 5.92 Å². The van der Waals surface area contributed by atoms with Crippen molar-refractivity contribution in [1.82, 2.24) is 0 Å². The summed E-state index contributed by atoms with van der Waals surface area (Å²) in [7, 11) is 0. The van der Waals surface area contributed by atoms with Crippen LogP contribution in [0.1, 0.15) is 59.0 Å². The van der Waals surface area contributed by atoms with Crippen LogP contribution in [0.25, 0.3) is 0 Å². The van der Waals surface area contributed by atoms with E-state index in [0.717, 1.165) is 0 Å². The van der Waals surface area contributed by atoms with Crippen molar-refractivity contribution in [2.24, 2.45) is 5.92 Å². The van der Waals surface area contributed by atoms with E-state index in [2.05, 4.69) is 52.0 Å². The SMILES string of the molecule is CC1C(=O)c2ccccc2C1=O.CCC.Cc1ccccc1C. The highest BCUT2D eigenvalue weighted by atomic mass is 16.2. The molecule has 0 N–H and O–H groups in total. The Balaban J connectivity index is 0.000000209. The molecular formula is C21H26O2. The first-order valence-electron chi connectivity index (χ1n) is 8.13. The number of carbonyl (C=O) groups excluding carboxylic acids is 2. The van der Waals surface area contributed by atoms with Crippen molar-refractivity contribution in [3.8, 4) is 0 Å². The molecule has 0 saturated heterocycles. The first kappa shape index (κ1) is 18.8. The highest BCUT2D eigenvalue weighted by Gasteiger charge is 2.34. The maximum Gasteiger partial charge on any atom is 0.174 e. The Morgan fingerprint density at radius 3 is 1.35 bits per heavy atom. The summed E-state index contributed by atoms with van der Waals surface area (Å²) in [5.41, 5.74) is 3.89. The highest BCUT2D eigenvalue weighted by molar-refractivity contribution is 6.26. The molecule has 122 valence electrons. The summed E-state index contributed by atoms with van der Waals surface area (Å²) >= 11 is 0. The van der Waals surface area contributed by atoms with Gasteiger partial charge in [0.25, 0.3) is 0 Å². The fourth-order valence-corrected chi connectivity index (χ4v) is 2.16. The molecule has 0 aromatic heterocycles. The minimum atomic E-state index is -0.470. The van der Waals surface area contributed by atoms with Crippen molar-refractivity contribution < 1.29 is 9.59 Å². The molecule has 2 nitrogen and oxygen atoms in total. The van der Waals surface area contributed by atoms with Gasteiger partial charge in [0.1, 0.15) is 0 Å². The maximum absolute atomic E-state index is 11.4. The maximum atomic E-state index is 11.4. The Labute approximate surface area is 139 Å². The second kappa shape index (κ2) is 9.04. The van der Waals surface area contributed by atoms with Crippen LogP contribution < -0.4 is 0 Å². The Morgan fingerprint density at radius 1 is 0.739 bits per heavy atom. The van der Waals surface area contributed by atoms with E-state index in [1.54, 1.807) is 31.2 Å². The van der Waals surface area contributed by atoms with Crippen molar-refractivity contribution in [3.05, 3.63) is 70.8 Å². The van der Waals surface area contributed by atoms with Gasteiger partial charge < -0.3 is 0 Å². The van der Waals surface area contributed by atoms with E-state index < -0.39 is 5.92 Å². The third kappa shape index (κ3) is 4.88. The lowest BCUT2D eigenvalue weighted by molar-refractivity contribution is 0.0852. The van der Waals surface area contributed by atoms with Gasteiger partial charge >= 0.3 is 0 Å². The molecule has 0 fully saturated rings. The summed E-state index contributed by atoms with van der Waals surface area (Å²) < 4.78 is 0. The third-order valence-corrected chi connectivity index (χ3v) is 3.67. The molecule has 0 radical (unpaired) electrons. The average molecular weight is 310 g/mol. The molecule has 0 spiro atoms. The minimum Gasteiger partial charge on any atom is -0.293 e. The smallest absolute Gasteiger partial charge is 0.174 e. The van der Waals surface area contributed by atoms with Gasteiger partial charge in [0, 0.05) is 11.1 Å². The summed E-state index contributed by atoms with van der Waals surface area (Å²) in [6.07, 6.45) is 1.25. The van der Waals surface area contributed by atoms with Crippen LogP contribution >= 0.6 is 0 Å². The Kier molecular flexibility index (Phi) is 7.40. The number of aryl methyl sites for hydroxylation is 2. The quantitative estimate of drug-likeness (QED) is 0.609. The molecule has 2 aromatic carbocycles. The number of benzene rings is 2. The minimum absolute atomic E-state index is 0.0457. The van der Waals surface area contributed by atoms with E-state index in [4.69, 9.17) is 0 Å². The Bertz CT molecular complexity index is 615. The molecule has 3 rings (SSSR count). The molecule has 0 saturated carbocycles. The van der Waals surface area contributed by atoms with Gasteiger partial charge in [0.15, 0.2) is 11.6 Å². The van der Waals surface area contributed by atoms with Gasteiger partial charge in [-0.2, -0.15) is 0 Å². The number of fused-ring (bicyclic) bond motifs is 1. The lowest BCUT2D eigenvalue weighted by Gasteiger charge is -1.93. The molecule has 0 heterocycles. The van der Waals surface area contributed by atoms with Crippen LogP contribution in [0, 0.1) is 19.8 Å². The zero-order valence-electron chi connectivity index (χ0n) is 14.7. The number of Topliss-reactive ketones (excluding diaryl/α,β-unsaturated/α-hetero) is 2. The van der Waals surface area contributed by atoms with Crippen LogP contribution in [0.4, 0.5) is 0 Å². The first-order chi connectivity index (χ1) is 10.9. The first-order valence-corrected chi connectivity index (χ1v) is 8.13. The van der Waals surface area contributed by atoms with Crippen LogP contribution in [-0.4, -0.2) is 11.6 Å². The number of carbonyl (C=O) groups is 2. The number of rotatable bonds is 0. The zero-order valence-corrected chi connectivity index (χ0v) is 14.7. The molecule has 0 unspecified atom stereocenters. The summed E-state index contributed by atoms with van der Waals surface area (Å²) in [6.45, 7) is 10.1. The van der Waals surface area contributed by atoms with Crippen molar-refractivity contribution in [2.75, 3.05) is 0 Å². The van der Waals surface area contributed by atoms with E-state index >= 15 is 0 Å². The van der Waals surface area contributed by atoms with E-state index in [1.165, 1.54) is 17.5 Å². The molecule has 23 heavy (non-hydrogen) atoms. The van der Waals surface area contributed by atoms with Crippen LogP contribution in [0.3, 0.4) is 0 Å². The van der Waals surface area contributed by atoms with E-state index in [9.17, 15) is 9.59 Å². The zero-order chi connectivity index (χ0) is 17.4. The van der Waals surface area contributed by atoms with E-state index in [-0.39, 0.29) is 11.6 Å². The molecule has 0 atom stereocenters. The number of hydrogen-bond donors (Lipinski definition) is 0. The van der Waals surface area contributed by atoms with Crippen molar-refractivity contribution in [2.45, 2.75) is 41.0 Å². The van der Waals surface area contributed by atoms with Gasteiger partial charge in [-0.15, -0.1) is 0 Å². The molecule has 0 amide bonds. The summed E-state index contributed by atoms with van der Waals surface area (Å²) in [6, 6.07) is 15.3. The standard InChI is InChI=1S/C10H8O2.C8H10.C3H8/c1-6-9(11)7-4-2-3-5-8(7)10(6)12;1-7-5-3-4-6-8(7)2;1-3-2/h2-6H,1H3;3-6H,1-2H3;3H2,1-2H3. The summed E-state index contributed by atoms with van der Waals surface area (Å²) in [5, 5.41) is 0. The van der Waals surface area contributed by atoms with Gasteiger partial charge in [0.2, 0.25) is 0 Å². The van der Waals surface area contributed by atoms with E-state index in [0.29, 0.717) is 11.1 Å². The van der Waals surface area contributed by atoms with Gasteiger partial charge in [-0.05, 0) is 31.9 Å². The Morgan fingerprint density at radius 2 is 1.04 bits per heavy atom. The second-order valence-corrected chi connectivity index (χ2v) is 5.79. The van der Waals surface area contributed by atoms with Crippen LogP contribution in [-0.2, 0) is 0 Å². The van der Waals surface area contributed by atoms with Crippen LogP contribution in [0.5, 0.6) is 0 Å². The number of ketones is 2. The highest BCUT2D eigenvalue weighted by Crippen LogP contribution is 2.25. The van der Waals surface area contributed by atoms with Gasteiger partial charge in [-0.3, -0.25) is 9.59 Å². The van der Waals surface area contributed by atoms with Crippen molar-refractivity contribution in [1.29, 1.82) is 0 Å². The molecule has 2 heteroatoms. The van der Waals surface area contributed by atoms with Crippen LogP contribution in [0.15, 0.2) is 48.5 Å². The lowest BCUT2D eigenvalue weighted by atomic mass is 10.1. The molecule has 2 aromatic rings. The van der Waals surface area contributed by atoms with Crippen molar-refractivity contribution >= 4 is 11.6 Å². The Hall–Kier alpha value is -2.22. The fourth-order valence-electron chi connectivity index (χ4n) is 2.16. The average Bonchev–Trinajstić information content (AvgIpc) is 2.77. The molecule has 1 aliphatic rings. The molecule has 0 aliphatic heterocycles. The predicted molar refractivity (Wildman–Crippen MR) is 96.1 cm³/mol. The van der Waals surface area contributed by atoms with E-state index in [1.807, 2.05) is 0 Å². The largest absolute Gasteiger partial charge is 0.293 e. The predicted octanol–water partition coefficient (Wildman–Crippen LogP) is 5.42.